The zero-order valence-corrected chi connectivity index (χ0v) is 14.1. The Labute approximate surface area is 129 Å². The summed E-state index contributed by atoms with van der Waals surface area (Å²) in [5.41, 5.74) is 0. The number of ether oxygens (including phenoxy) is 1. The van der Waals surface area contributed by atoms with Crippen molar-refractivity contribution in [1.82, 2.24) is 0 Å². The highest BCUT2D eigenvalue weighted by Gasteiger charge is 2.26. The van der Waals surface area contributed by atoms with Crippen molar-refractivity contribution in [2.75, 3.05) is 6.61 Å². The van der Waals surface area contributed by atoms with Crippen LogP contribution in [0.1, 0.15) is 72.6 Å². The number of rotatable bonds is 12. The largest absolute Gasteiger partial charge is 0.481 e. The van der Waals surface area contributed by atoms with Crippen molar-refractivity contribution in [2.24, 2.45) is 17.8 Å². The fourth-order valence-electron chi connectivity index (χ4n) is 2.43. The second-order valence-corrected chi connectivity index (χ2v) is 5.83. The third kappa shape index (κ3) is 8.08. The topological polar surface area (TPSA) is 63.6 Å². The van der Waals surface area contributed by atoms with E-state index < -0.39 is 11.9 Å². The molecule has 0 aromatic carbocycles. The number of carboxylic acids is 1. The summed E-state index contributed by atoms with van der Waals surface area (Å²) in [6.45, 7) is 8.49. The Kier molecular flexibility index (Phi) is 11.0. The highest BCUT2D eigenvalue weighted by Crippen LogP contribution is 2.21. The van der Waals surface area contributed by atoms with Crippen molar-refractivity contribution < 1.29 is 19.4 Å². The Balaban J connectivity index is 4.34. The van der Waals surface area contributed by atoms with Crippen molar-refractivity contribution in [1.29, 1.82) is 0 Å². The Hall–Kier alpha value is -1.06. The molecule has 0 aliphatic heterocycles. The lowest BCUT2D eigenvalue weighted by atomic mass is 9.91. The Bertz CT molecular complexity index is 301. The molecule has 0 bridgehead atoms. The van der Waals surface area contributed by atoms with E-state index in [9.17, 15) is 9.59 Å². The van der Waals surface area contributed by atoms with Crippen molar-refractivity contribution in [3.63, 3.8) is 0 Å². The lowest BCUT2D eigenvalue weighted by Crippen LogP contribution is -2.25. The summed E-state index contributed by atoms with van der Waals surface area (Å²) in [6, 6.07) is 0. The number of carbonyl (C=O) groups excluding carboxylic acids is 1. The molecule has 21 heavy (non-hydrogen) atoms. The van der Waals surface area contributed by atoms with E-state index in [0.717, 1.165) is 25.7 Å². The molecule has 4 nitrogen and oxygen atoms in total. The smallest absolute Gasteiger partial charge is 0.308 e. The average Bonchev–Trinajstić information content (AvgIpc) is 2.48. The Morgan fingerprint density at radius 1 is 1.00 bits per heavy atom. The van der Waals surface area contributed by atoms with Gasteiger partial charge in [0.15, 0.2) is 0 Å². The van der Waals surface area contributed by atoms with Gasteiger partial charge in [-0.3, -0.25) is 9.59 Å². The molecule has 4 heteroatoms. The van der Waals surface area contributed by atoms with Gasteiger partial charge in [-0.2, -0.15) is 0 Å². The van der Waals surface area contributed by atoms with Crippen LogP contribution in [-0.4, -0.2) is 23.7 Å². The van der Waals surface area contributed by atoms with Gasteiger partial charge in [0.2, 0.25) is 0 Å². The summed E-state index contributed by atoms with van der Waals surface area (Å²) in [4.78, 5) is 23.2. The molecule has 0 amide bonds. The van der Waals surface area contributed by atoms with E-state index in [0.29, 0.717) is 31.8 Å². The van der Waals surface area contributed by atoms with E-state index in [1.165, 1.54) is 0 Å². The third-order valence-electron chi connectivity index (χ3n) is 4.24. The average molecular weight is 300 g/mol. The maximum atomic E-state index is 12.1. The van der Waals surface area contributed by atoms with Crippen molar-refractivity contribution in [3.8, 4) is 0 Å². The van der Waals surface area contributed by atoms with Crippen molar-refractivity contribution in [3.05, 3.63) is 0 Å². The molecule has 0 fully saturated rings. The number of carboxylic acid groups (broad SMARTS) is 1. The molecular formula is C17H32O4. The van der Waals surface area contributed by atoms with Crippen LogP contribution in [0.4, 0.5) is 0 Å². The van der Waals surface area contributed by atoms with Gasteiger partial charge < -0.3 is 9.84 Å². The fourth-order valence-corrected chi connectivity index (χ4v) is 2.43. The lowest BCUT2D eigenvalue weighted by molar-refractivity contribution is -0.152. The molecule has 124 valence electrons. The quantitative estimate of drug-likeness (QED) is 0.547. The second kappa shape index (κ2) is 11.6. The van der Waals surface area contributed by atoms with Gasteiger partial charge in [-0.15, -0.1) is 0 Å². The molecule has 0 aliphatic rings. The second-order valence-electron chi connectivity index (χ2n) is 5.83. The van der Waals surface area contributed by atoms with Crippen molar-refractivity contribution in [2.45, 2.75) is 72.6 Å². The van der Waals surface area contributed by atoms with Gasteiger partial charge in [0.25, 0.3) is 0 Å². The molecule has 0 saturated carbocycles. The minimum absolute atomic E-state index is 0.229. The van der Waals surface area contributed by atoms with Crippen LogP contribution < -0.4 is 0 Å². The summed E-state index contributed by atoms with van der Waals surface area (Å²) in [7, 11) is 0. The first-order valence-electron chi connectivity index (χ1n) is 8.39. The van der Waals surface area contributed by atoms with Crippen LogP contribution in [0.5, 0.6) is 0 Å². The van der Waals surface area contributed by atoms with Crippen LogP contribution in [0.2, 0.25) is 0 Å². The minimum atomic E-state index is -0.821. The van der Waals surface area contributed by atoms with Gasteiger partial charge >= 0.3 is 11.9 Å². The Morgan fingerprint density at radius 3 is 2.05 bits per heavy atom. The molecule has 1 N–H and O–H groups in total. The van der Waals surface area contributed by atoms with Crippen molar-refractivity contribution >= 4 is 11.9 Å². The Morgan fingerprint density at radius 2 is 1.62 bits per heavy atom. The first-order valence-corrected chi connectivity index (χ1v) is 8.39. The van der Waals surface area contributed by atoms with E-state index in [1.54, 1.807) is 0 Å². The molecule has 0 aliphatic carbocycles. The predicted molar refractivity (Wildman–Crippen MR) is 84.1 cm³/mol. The summed E-state index contributed by atoms with van der Waals surface area (Å²) >= 11 is 0. The van der Waals surface area contributed by atoms with E-state index >= 15 is 0 Å². The molecular weight excluding hydrogens is 268 g/mol. The molecule has 0 spiro atoms. The van der Waals surface area contributed by atoms with Gasteiger partial charge in [-0.1, -0.05) is 47.0 Å². The van der Waals surface area contributed by atoms with Gasteiger partial charge in [0.1, 0.15) is 0 Å². The molecule has 0 aromatic rings. The van der Waals surface area contributed by atoms with E-state index in [4.69, 9.17) is 9.84 Å². The molecule has 0 rings (SSSR count). The maximum absolute atomic E-state index is 12.1. The molecule has 0 heterocycles. The first kappa shape index (κ1) is 19.9. The highest BCUT2D eigenvalue weighted by molar-refractivity contribution is 5.75. The number of hydrogen-bond donors (Lipinski definition) is 1. The summed E-state index contributed by atoms with van der Waals surface area (Å²) < 4.78 is 5.44. The third-order valence-corrected chi connectivity index (χ3v) is 4.24. The zero-order valence-electron chi connectivity index (χ0n) is 14.1. The number of esters is 1. The van der Waals surface area contributed by atoms with Crippen LogP contribution in [-0.2, 0) is 14.3 Å². The lowest BCUT2D eigenvalue weighted by Gasteiger charge is -2.20. The van der Waals surface area contributed by atoms with Crippen LogP contribution in [0, 0.1) is 17.8 Å². The van der Waals surface area contributed by atoms with Gasteiger partial charge in [0, 0.05) is 0 Å². The molecule has 3 unspecified atom stereocenters. The predicted octanol–water partition coefficient (Wildman–Crippen LogP) is 4.27. The number of unbranched alkanes of at least 4 members (excludes halogenated alkanes) is 1. The van der Waals surface area contributed by atoms with Crippen LogP contribution in [0.15, 0.2) is 0 Å². The van der Waals surface area contributed by atoms with Crippen LogP contribution >= 0.6 is 0 Å². The standard InChI is InChI=1S/C17H32O4/c1-5-9-10-13(6-2)12-21-17(20)15(8-4)11-14(7-3)16(18)19/h13-15H,5-12H2,1-4H3,(H,18,19). The SMILES string of the molecule is CCCCC(CC)COC(=O)C(CC)CC(CC)C(=O)O. The number of hydrogen-bond acceptors (Lipinski definition) is 3. The number of carbonyl (C=O) groups is 2. The van der Waals surface area contributed by atoms with Gasteiger partial charge in [-0.25, -0.2) is 0 Å². The summed E-state index contributed by atoms with van der Waals surface area (Å²) in [6.07, 6.45) is 5.97. The fraction of sp³-hybridized carbons (Fsp3) is 0.882. The molecule has 0 saturated heterocycles. The monoisotopic (exact) mass is 300 g/mol. The van der Waals surface area contributed by atoms with Gasteiger partial charge in [-0.05, 0) is 31.6 Å². The molecule has 3 atom stereocenters. The zero-order chi connectivity index (χ0) is 16.3. The normalized spacial score (nSPS) is 15.2. The van der Waals surface area contributed by atoms with Crippen LogP contribution in [0.3, 0.4) is 0 Å². The highest BCUT2D eigenvalue weighted by atomic mass is 16.5. The van der Waals surface area contributed by atoms with Crippen LogP contribution in [0.25, 0.3) is 0 Å². The minimum Gasteiger partial charge on any atom is -0.481 e. The molecule has 0 radical (unpaired) electrons. The maximum Gasteiger partial charge on any atom is 0.308 e. The summed E-state index contributed by atoms with van der Waals surface area (Å²) in [5, 5.41) is 9.10. The van der Waals surface area contributed by atoms with E-state index in [-0.39, 0.29) is 11.9 Å². The first-order chi connectivity index (χ1) is 9.99. The van der Waals surface area contributed by atoms with E-state index in [1.807, 2.05) is 13.8 Å². The van der Waals surface area contributed by atoms with Gasteiger partial charge in [0.05, 0.1) is 18.4 Å². The number of aliphatic carboxylic acids is 1. The van der Waals surface area contributed by atoms with E-state index in [2.05, 4.69) is 13.8 Å². The summed E-state index contributed by atoms with van der Waals surface area (Å²) in [5.74, 6) is -1.38. The molecule has 0 aromatic heterocycles.